The van der Waals surface area contributed by atoms with Crippen LogP contribution in [0.4, 0.5) is 0 Å². The fraction of sp³-hybridized carbons (Fsp3) is 0.633. The molecule has 4 aliphatic rings. The first-order valence-corrected chi connectivity index (χ1v) is 14.5. The molecule has 1 aromatic carbocycles. The first-order valence-electron chi connectivity index (χ1n) is 14.5. The number of likely N-dealkylation sites (tertiary alicyclic amines) is 1. The minimum atomic E-state index is -1.14. The molecule has 1 spiro atoms. The topological polar surface area (TPSA) is 109 Å². The second-order valence-electron chi connectivity index (χ2n) is 11.1. The van der Waals surface area contributed by atoms with Crippen LogP contribution in [-0.4, -0.2) is 121 Å². The largest absolute Gasteiger partial charge is 0.466 e. The Morgan fingerprint density at radius 1 is 1.27 bits per heavy atom. The summed E-state index contributed by atoms with van der Waals surface area (Å²) in [5.41, 5.74) is -0.198. The molecule has 4 saturated heterocycles. The number of morpholine rings is 1. The molecule has 1 aromatic rings. The fourth-order valence-corrected chi connectivity index (χ4v) is 7.11. The van der Waals surface area contributed by atoms with E-state index in [1.165, 1.54) is 0 Å². The zero-order valence-corrected chi connectivity index (χ0v) is 23.3. The van der Waals surface area contributed by atoms with Gasteiger partial charge in [-0.1, -0.05) is 36.4 Å². The maximum atomic E-state index is 14.5. The highest BCUT2D eigenvalue weighted by Crippen LogP contribution is 2.59. The van der Waals surface area contributed by atoms with Crippen molar-refractivity contribution in [3.8, 4) is 0 Å². The molecular weight excluding hydrogens is 514 g/mol. The van der Waals surface area contributed by atoms with E-state index >= 15 is 0 Å². The third-order valence-corrected chi connectivity index (χ3v) is 8.90. The van der Waals surface area contributed by atoms with Gasteiger partial charge in [0.25, 0.3) is 0 Å². The average Bonchev–Trinajstić information content (AvgIpc) is 3.62. The Morgan fingerprint density at radius 2 is 2.02 bits per heavy atom. The molecule has 218 valence electrons. The van der Waals surface area contributed by atoms with Gasteiger partial charge >= 0.3 is 5.97 Å². The van der Waals surface area contributed by atoms with Crippen molar-refractivity contribution in [1.29, 1.82) is 0 Å². The molecule has 1 N–H and O–H groups in total. The third kappa shape index (κ3) is 5.18. The first kappa shape index (κ1) is 28.7. The Morgan fingerprint density at radius 3 is 2.70 bits per heavy atom. The molecule has 4 fully saturated rings. The summed E-state index contributed by atoms with van der Waals surface area (Å²) in [5, 5.41) is 10.6. The molecule has 6 atom stereocenters. The Balaban J connectivity index is 1.49. The number of carbonyl (C=O) groups excluding carboxylic acids is 3. The molecule has 4 heterocycles. The molecule has 2 bridgehead atoms. The minimum Gasteiger partial charge on any atom is -0.466 e. The van der Waals surface area contributed by atoms with Gasteiger partial charge in [-0.15, -0.1) is 6.58 Å². The van der Waals surface area contributed by atoms with Gasteiger partial charge in [0, 0.05) is 32.7 Å². The monoisotopic (exact) mass is 555 g/mol. The van der Waals surface area contributed by atoms with Crippen molar-refractivity contribution < 1.29 is 33.7 Å². The van der Waals surface area contributed by atoms with E-state index in [-0.39, 0.29) is 25.0 Å². The Kier molecular flexibility index (Phi) is 8.89. The number of amides is 2. The van der Waals surface area contributed by atoms with Gasteiger partial charge in [-0.2, -0.15) is 0 Å². The van der Waals surface area contributed by atoms with Gasteiger partial charge in [0.05, 0.1) is 50.4 Å². The zero-order valence-electron chi connectivity index (χ0n) is 23.3. The summed E-state index contributed by atoms with van der Waals surface area (Å²) in [5.74, 6) is -2.60. The number of hydrogen-bond donors (Lipinski definition) is 1. The highest BCUT2D eigenvalue weighted by molar-refractivity contribution is 5.98. The summed E-state index contributed by atoms with van der Waals surface area (Å²) >= 11 is 0. The van der Waals surface area contributed by atoms with Crippen LogP contribution in [0.3, 0.4) is 0 Å². The first-order chi connectivity index (χ1) is 19.4. The van der Waals surface area contributed by atoms with Crippen LogP contribution < -0.4 is 0 Å². The van der Waals surface area contributed by atoms with Crippen LogP contribution in [0.1, 0.15) is 25.3 Å². The highest BCUT2D eigenvalue weighted by Gasteiger charge is 2.75. The molecule has 40 heavy (non-hydrogen) atoms. The Labute approximate surface area is 235 Å². The summed E-state index contributed by atoms with van der Waals surface area (Å²) in [7, 11) is 0. The van der Waals surface area contributed by atoms with Gasteiger partial charge < -0.3 is 29.1 Å². The third-order valence-electron chi connectivity index (χ3n) is 8.90. The lowest BCUT2D eigenvalue weighted by Crippen LogP contribution is -2.59. The van der Waals surface area contributed by atoms with Crippen molar-refractivity contribution in [1.82, 2.24) is 14.7 Å². The van der Waals surface area contributed by atoms with Crippen molar-refractivity contribution in [3.05, 3.63) is 48.6 Å². The van der Waals surface area contributed by atoms with Crippen molar-refractivity contribution >= 4 is 17.8 Å². The van der Waals surface area contributed by atoms with Crippen LogP contribution in [0.15, 0.2) is 43.0 Å². The van der Waals surface area contributed by atoms with Gasteiger partial charge in [0.1, 0.15) is 11.6 Å². The maximum Gasteiger partial charge on any atom is 0.312 e. The number of aliphatic hydroxyl groups excluding tert-OH is 1. The Hall–Kier alpha value is -2.79. The molecule has 0 saturated carbocycles. The number of hydrogen-bond acceptors (Lipinski definition) is 8. The lowest BCUT2D eigenvalue weighted by Gasteiger charge is -2.40. The predicted molar refractivity (Wildman–Crippen MR) is 146 cm³/mol. The summed E-state index contributed by atoms with van der Waals surface area (Å²) in [6, 6.07) is 7.99. The molecule has 0 aromatic heterocycles. The van der Waals surface area contributed by atoms with Gasteiger partial charge in [-0.05, 0) is 31.7 Å². The SMILES string of the molecule is C=CCN(CCN1CCOCC1)C(=O)C1N([C@@H](CO)Cc2ccccc2)C(=O)[C@@H]2[C@H](C(=O)OCC)[C@@H]3CCC12O3. The van der Waals surface area contributed by atoms with Crippen LogP contribution in [-0.2, 0) is 35.0 Å². The molecule has 0 radical (unpaired) electrons. The zero-order chi connectivity index (χ0) is 28.3. The standard InChI is InChI=1S/C30H41N3O7/c1-3-12-32(14-13-31-15-17-38-18-16-31)28(36)26-30-11-10-23(40-30)24(29(37)39-4-2)25(30)27(35)33(26)22(20-34)19-21-8-6-5-7-9-21/h3,5-9,22-26,34H,1,4,10-20H2,2H3/t22-,23+,24-,25+,26?,30?/m1/s1. The van der Waals surface area contributed by atoms with E-state index < -0.39 is 41.6 Å². The van der Waals surface area contributed by atoms with Gasteiger partial charge in [-0.3, -0.25) is 19.3 Å². The van der Waals surface area contributed by atoms with Crippen molar-refractivity contribution in [2.75, 3.05) is 59.2 Å². The van der Waals surface area contributed by atoms with Crippen LogP contribution in [0.5, 0.6) is 0 Å². The maximum absolute atomic E-state index is 14.5. The van der Waals surface area contributed by atoms with Crippen LogP contribution in [0, 0.1) is 11.8 Å². The normalized spacial score (nSPS) is 30.2. The number of benzene rings is 1. The lowest BCUT2D eigenvalue weighted by atomic mass is 9.70. The Bertz CT molecular complexity index is 1080. The van der Waals surface area contributed by atoms with Gasteiger partial charge in [0.2, 0.25) is 11.8 Å². The molecule has 2 unspecified atom stereocenters. The van der Waals surface area contributed by atoms with E-state index in [2.05, 4.69) is 11.5 Å². The molecule has 10 nitrogen and oxygen atoms in total. The van der Waals surface area contributed by atoms with E-state index in [0.717, 1.165) is 18.7 Å². The molecule has 2 amide bonds. The molecule has 10 heteroatoms. The number of ether oxygens (including phenoxy) is 3. The number of nitrogens with zero attached hydrogens (tertiary/aromatic N) is 3. The second kappa shape index (κ2) is 12.4. The molecule has 5 rings (SSSR count). The summed E-state index contributed by atoms with van der Waals surface area (Å²) < 4.78 is 17.4. The number of rotatable bonds is 12. The predicted octanol–water partition coefficient (Wildman–Crippen LogP) is 0.875. The summed E-state index contributed by atoms with van der Waals surface area (Å²) in [6.07, 6.45) is 2.66. The number of carbonyl (C=O) groups is 3. The van der Waals surface area contributed by atoms with Gasteiger partial charge in [0.15, 0.2) is 0 Å². The summed E-state index contributed by atoms with van der Waals surface area (Å²) in [6.45, 7) is 9.84. The quantitative estimate of drug-likeness (QED) is 0.299. The van der Waals surface area contributed by atoms with E-state index in [1.54, 1.807) is 22.8 Å². The van der Waals surface area contributed by atoms with Crippen LogP contribution in [0.25, 0.3) is 0 Å². The smallest absolute Gasteiger partial charge is 0.312 e. The van der Waals surface area contributed by atoms with Crippen molar-refractivity contribution in [2.45, 2.75) is 50.0 Å². The molecule has 4 aliphatic heterocycles. The lowest BCUT2D eigenvalue weighted by molar-refractivity contribution is -0.156. The van der Waals surface area contributed by atoms with E-state index in [9.17, 15) is 19.5 Å². The van der Waals surface area contributed by atoms with Gasteiger partial charge in [-0.25, -0.2) is 0 Å². The van der Waals surface area contributed by atoms with E-state index in [4.69, 9.17) is 14.2 Å². The summed E-state index contributed by atoms with van der Waals surface area (Å²) in [4.78, 5) is 47.5. The highest BCUT2D eigenvalue weighted by atomic mass is 16.6. The van der Waals surface area contributed by atoms with Crippen molar-refractivity contribution in [3.63, 3.8) is 0 Å². The van der Waals surface area contributed by atoms with Crippen molar-refractivity contribution in [2.24, 2.45) is 11.8 Å². The van der Waals surface area contributed by atoms with E-state index in [1.807, 2.05) is 30.3 Å². The van der Waals surface area contributed by atoms with E-state index in [0.29, 0.717) is 52.1 Å². The number of esters is 1. The minimum absolute atomic E-state index is 0.198. The molecule has 0 aliphatic carbocycles. The second-order valence-corrected chi connectivity index (χ2v) is 11.1. The number of aliphatic hydroxyl groups is 1. The van der Waals surface area contributed by atoms with Crippen LogP contribution in [0.2, 0.25) is 0 Å². The fourth-order valence-electron chi connectivity index (χ4n) is 7.11. The van der Waals surface area contributed by atoms with Crippen LogP contribution >= 0.6 is 0 Å². The number of fused-ring (bicyclic) bond motifs is 1. The molecular formula is C30H41N3O7. The average molecular weight is 556 g/mol.